The second kappa shape index (κ2) is 4.19. The van der Waals surface area contributed by atoms with Crippen molar-refractivity contribution < 1.29 is 9.47 Å². The van der Waals surface area contributed by atoms with Crippen LogP contribution >= 0.6 is 0 Å². The number of rotatable bonds is 1. The Morgan fingerprint density at radius 2 is 1.90 bits per heavy atom. The number of aromatic nitrogens is 4. The summed E-state index contributed by atoms with van der Waals surface area (Å²) >= 11 is 0. The maximum absolute atomic E-state index is 5.60. The lowest BCUT2D eigenvalue weighted by Crippen LogP contribution is -2.15. The molecule has 0 atom stereocenters. The predicted octanol–water partition coefficient (Wildman–Crippen LogP) is 1.87. The van der Waals surface area contributed by atoms with Crippen LogP contribution in [0.25, 0.3) is 16.9 Å². The first-order chi connectivity index (χ1) is 9.81. The molecular formula is C14H12N4O2. The van der Waals surface area contributed by atoms with E-state index in [1.807, 2.05) is 35.7 Å². The van der Waals surface area contributed by atoms with E-state index in [9.17, 15) is 0 Å². The summed E-state index contributed by atoms with van der Waals surface area (Å²) < 4.78 is 13.0. The standard InChI is InChI=1S/C14H12N4O2/c1-9-16-17-14-15-7-11(8-18(9)14)10-2-3-12-13(6-10)20-5-4-19-12/h2-3,6-8H,4-5H2,1H3. The van der Waals surface area contributed by atoms with Crippen LogP contribution in [-0.2, 0) is 0 Å². The lowest BCUT2D eigenvalue weighted by molar-refractivity contribution is 0.171. The predicted molar refractivity (Wildman–Crippen MR) is 71.9 cm³/mol. The van der Waals surface area contributed by atoms with Gasteiger partial charge in [0.15, 0.2) is 11.5 Å². The van der Waals surface area contributed by atoms with E-state index in [4.69, 9.17) is 9.47 Å². The highest BCUT2D eigenvalue weighted by atomic mass is 16.6. The fourth-order valence-corrected chi connectivity index (χ4v) is 2.27. The summed E-state index contributed by atoms with van der Waals surface area (Å²) in [5, 5.41) is 7.99. The van der Waals surface area contributed by atoms with Gasteiger partial charge < -0.3 is 9.47 Å². The summed E-state index contributed by atoms with van der Waals surface area (Å²) in [7, 11) is 0. The highest BCUT2D eigenvalue weighted by Gasteiger charge is 2.13. The molecule has 100 valence electrons. The number of aryl methyl sites for hydroxylation is 1. The summed E-state index contributed by atoms with van der Waals surface area (Å²) in [5.41, 5.74) is 2.01. The average Bonchev–Trinajstić information content (AvgIpc) is 2.88. The Balaban J connectivity index is 1.83. The molecular weight excluding hydrogens is 256 g/mol. The van der Waals surface area contributed by atoms with Crippen LogP contribution in [0.15, 0.2) is 30.6 Å². The minimum atomic E-state index is 0.582. The summed E-state index contributed by atoms with van der Waals surface area (Å²) in [6.07, 6.45) is 3.76. The van der Waals surface area contributed by atoms with Crippen LogP contribution in [0.1, 0.15) is 5.82 Å². The van der Waals surface area contributed by atoms with Gasteiger partial charge in [-0.25, -0.2) is 4.98 Å². The fraction of sp³-hybridized carbons (Fsp3) is 0.214. The molecule has 3 aromatic rings. The number of benzene rings is 1. The van der Waals surface area contributed by atoms with E-state index in [0.29, 0.717) is 19.0 Å². The van der Waals surface area contributed by atoms with Gasteiger partial charge in [-0.15, -0.1) is 10.2 Å². The molecule has 6 heteroatoms. The molecule has 0 bridgehead atoms. The Morgan fingerprint density at radius 3 is 2.80 bits per heavy atom. The molecule has 2 aromatic heterocycles. The number of nitrogens with zero attached hydrogens (tertiary/aromatic N) is 4. The second-order valence-electron chi connectivity index (χ2n) is 4.62. The molecule has 0 saturated carbocycles. The van der Waals surface area contributed by atoms with Crippen molar-refractivity contribution >= 4 is 5.78 Å². The van der Waals surface area contributed by atoms with Crippen molar-refractivity contribution in [1.29, 1.82) is 0 Å². The van der Waals surface area contributed by atoms with E-state index in [-0.39, 0.29) is 0 Å². The van der Waals surface area contributed by atoms with E-state index in [0.717, 1.165) is 28.5 Å². The highest BCUT2D eigenvalue weighted by Crippen LogP contribution is 2.34. The zero-order chi connectivity index (χ0) is 13.5. The summed E-state index contributed by atoms with van der Waals surface area (Å²) in [6, 6.07) is 5.89. The molecule has 0 radical (unpaired) electrons. The third-order valence-electron chi connectivity index (χ3n) is 3.31. The molecule has 1 aliphatic rings. The molecule has 0 amide bonds. The van der Waals surface area contributed by atoms with Crippen molar-refractivity contribution in [3.63, 3.8) is 0 Å². The number of fused-ring (bicyclic) bond motifs is 2. The van der Waals surface area contributed by atoms with Gasteiger partial charge in [0, 0.05) is 18.0 Å². The number of hydrogen-bond acceptors (Lipinski definition) is 5. The summed E-state index contributed by atoms with van der Waals surface area (Å²) in [6.45, 7) is 3.08. The van der Waals surface area contributed by atoms with Crippen molar-refractivity contribution in [3.8, 4) is 22.6 Å². The second-order valence-corrected chi connectivity index (χ2v) is 4.62. The van der Waals surface area contributed by atoms with Crippen molar-refractivity contribution in [3.05, 3.63) is 36.4 Å². The maximum Gasteiger partial charge on any atom is 0.254 e. The lowest BCUT2D eigenvalue weighted by atomic mass is 10.1. The van der Waals surface area contributed by atoms with Crippen LogP contribution in [-0.4, -0.2) is 32.8 Å². The Morgan fingerprint density at radius 1 is 1.05 bits per heavy atom. The van der Waals surface area contributed by atoms with E-state index in [1.165, 1.54) is 0 Å². The first kappa shape index (κ1) is 11.2. The fourth-order valence-electron chi connectivity index (χ4n) is 2.27. The van der Waals surface area contributed by atoms with Crippen LogP contribution in [0.4, 0.5) is 0 Å². The zero-order valence-corrected chi connectivity index (χ0v) is 10.9. The topological polar surface area (TPSA) is 61.5 Å². The zero-order valence-electron chi connectivity index (χ0n) is 10.9. The van der Waals surface area contributed by atoms with Gasteiger partial charge in [-0.1, -0.05) is 6.07 Å². The van der Waals surface area contributed by atoms with E-state index >= 15 is 0 Å². The molecule has 4 rings (SSSR count). The van der Waals surface area contributed by atoms with Gasteiger partial charge in [0.1, 0.15) is 19.0 Å². The molecule has 0 aliphatic carbocycles. The largest absolute Gasteiger partial charge is 0.486 e. The molecule has 0 unspecified atom stereocenters. The van der Waals surface area contributed by atoms with Crippen molar-refractivity contribution in [2.45, 2.75) is 6.92 Å². The number of ether oxygens (including phenoxy) is 2. The first-order valence-corrected chi connectivity index (χ1v) is 6.39. The van der Waals surface area contributed by atoms with E-state index < -0.39 is 0 Å². The SMILES string of the molecule is Cc1nnc2ncc(-c3ccc4c(c3)OCCO4)cn12. The third kappa shape index (κ3) is 1.69. The van der Waals surface area contributed by atoms with Crippen LogP contribution < -0.4 is 9.47 Å². The molecule has 20 heavy (non-hydrogen) atoms. The highest BCUT2D eigenvalue weighted by molar-refractivity contribution is 5.66. The molecule has 0 N–H and O–H groups in total. The van der Waals surface area contributed by atoms with Crippen molar-refractivity contribution in [2.24, 2.45) is 0 Å². The van der Waals surface area contributed by atoms with Crippen LogP contribution in [0.3, 0.4) is 0 Å². The smallest absolute Gasteiger partial charge is 0.254 e. The Hall–Kier alpha value is -2.63. The monoisotopic (exact) mass is 268 g/mol. The molecule has 1 aliphatic heterocycles. The molecule has 0 fully saturated rings. The summed E-state index contributed by atoms with van der Waals surface area (Å²) in [5.74, 6) is 2.97. The van der Waals surface area contributed by atoms with Crippen LogP contribution in [0, 0.1) is 6.92 Å². The minimum absolute atomic E-state index is 0.582. The van der Waals surface area contributed by atoms with Gasteiger partial charge in [0.2, 0.25) is 0 Å². The van der Waals surface area contributed by atoms with Gasteiger partial charge in [0.05, 0.1) is 0 Å². The molecule has 0 saturated heterocycles. The van der Waals surface area contributed by atoms with Gasteiger partial charge >= 0.3 is 0 Å². The van der Waals surface area contributed by atoms with Crippen LogP contribution in [0.2, 0.25) is 0 Å². The van der Waals surface area contributed by atoms with Gasteiger partial charge in [0.25, 0.3) is 5.78 Å². The molecule has 0 spiro atoms. The van der Waals surface area contributed by atoms with Gasteiger partial charge in [-0.05, 0) is 24.6 Å². The minimum Gasteiger partial charge on any atom is -0.486 e. The van der Waals surface area contributed by atoms with E-state index in [1.54, 1.807) is 6.20 Å². The van der Waals surface area contributed by atoms with Gasteiger partial charge in [-0.3, -0.25) is 4.40 Å². The Bertz CT molecular complexity index is 797. The maximum atomic E-state index is 5.60. The first-order valence-electron chi connectivity index (χ1n) is 6.39. The Labute approximate surface area is 115 Å². The molecule has 6 nitrogen and oxygen atoms in total. The van der Waals surface area contributed by atoms with Crippen molar-refractivity contribution in [1.82, 2.24) is 19.6 Å². The normalized spacial score (nSPS) is 13.7. The Kier molecular flexibility index (Phi) is 2.35. The van der Waals surface area contributed by atoms with E-state index in [2.05, 4.69) is 15.2 Å². The lowest BCUT2D eigenvalue weighted by Gasteiger charge is -2.18. The molecule has 3 heterocycles. The van der Waals surface area contributed by atoms with Gasteiger partial charge in [-0.2, -0.15) is 0 Å². The molecule has 1 aromatic carbocycles. The average molecular weight is 268 g/mol. The van der Waals surface area contributed by atoms with Crippen molar-refractivity contribution in [2.75, 3.05) is 13.2 Å². The number of hydrogen-bond donors (Lipinski definition) is 0. The van der Waals surface area contributed by atoms with Crippen LogP contribution in [0.5, 0.6) is 11.5 Å². The third-order valence-corrected chi connectivity index (χ3v) is 3.31. The quantitative estimate of drug-likeness (QED) is 0.674. The summed E-state index contributed by atoms with van der Waals surface area (Å²) in [4.78, 5) is 4.31.